The molecule has 0 bridgehead atoms. The largest absolute Gasteiger partial charge is 0.398 e. The Morgan fingerprint density at radius 1 is 1.35 bits per heavy atom. The molecule has 0 aliphatic carbocycles. The highest BCUT2D eigenvalue weighted by Gasteiger charge is 2.15. The lowest BCUT2D eigenvalue weighted by Gasteiger charge is -2.20. The second-order valence-corrected chi connectivity index (χ2v) is 3.96. The minimum absolute atomic E-state index is 0.154. The van der Waals surface area contributed by atoms with E-state index >= 15 is 0 Å². The number of nitrogens with zero attached hydrogens (tertiary/aromatic N) is 1. The zero-order valence-corrected chi connectivity index (χ0v) is 10.3. The molecule has 1 amide bonds. The average molecular weight is 251 g/mol. The molecule has 3 nitrogen and oxygen atoms in total. The van der Waals surface area contributed by atoms with Crippen LogP contribution in [0.2, 0.25) is 5.02 Å². The third-order valence-corrected chi connectivity index (χ3v) is 2.47. The van der Waals surface area contributed by atoms with Crippen molar-refractivity contribution in [1.82, 2.24) is 4.90 Å². The maximum atomic E-state index is 12.2. The highest BCUT2D eigenvalue weighted by molar-refractivity contribution is 6.31. The Hall–Kier alpha value is -1.74. The van der Waals surface area contributed by atoms with Crippen molar-refractivity contribution in [2.75, 3.05) is 18.8 Å². The number of anilines is 1. The molecule has 2 N–H and O–H groups in total. The standard InChI is InChI=1S/C13H15ClN2O/c1-3-7-16(8-4-2)13(17)11-6-5-10(14)9-12(11)15/h3-6,9H,1-2,7-8,15H2. The number of carbonyl (C=O) groups is 1. The van der Waals surface area contributed by atoms with Crippen LogP contribution in [0.5, 0.6) is 0 Å². The molecule has 0 spiro atoms. The highest BCUT2D eigenvalue weighted by atomic mass is 35.5. The van der Waals surface area contributed by atoms with E-state index in [1.165, 1.54) is 0 Å². The van der Waals surface area contributed by atoms with Crippen LogP contribution in [0.1, 0.15) is 10.4 Å². The van der Waals surface area contributed by atoms with Crippen LogP contribution in [0.4, 0.5) is 5.69 Å². The van der Waals surface area contributed by atoms with Crippen molar-refractivity contribution in [3.63, 3.8) is 0 Å². The molecule has 1 aromatic carbocycles. The van der Waals surface area contributed by atoms with Crippen molar-refractivity contribution < 1.29 is 4.79 Å². The van der Waals surface area contributed by atoms with E-state index < -0.39 is 0 Å². The van der Waals surface area contributed by atoms with Crippen LogP contribution in [0.3, 0.4) is 0 Å². The van der Waals surface area contributed by atoms with Gasteiger partial charge in [-0.2, -0.15) is 0 Å². The van der Waals surface area contributed by atoms with Gasteiger partial charge in [0.2, 0.25) is 0 Å². The summed E-state index contributed by atoms with van der Waals surface area (Å²) in [6.45, 7) is 8.13. The number of halogens is 1. The fourth-order valence-corrected chi connectivity index (χ4v) is 1.63. The first-order chi connectivity index (χ1) is 8.10. The van der Waals surface area contributed by atoms with Crippen LogP contribution in [0, 0.1) is 0 Å². The molecule has 17 heavy (non-hydrogen) atoms. The van der Waals surface area contributed by atoms with Crippen LogP contribution >= 0.6 is 11.6 Å². The number of nitrogen functional groups attached to an aromatic ring is 1. The van der Waals surface area contributed by atoms with Crippen LogP contribution in [0.25, 0.3) is 0 Å². The number of hydrogen-bond donors (Lipinski definition) is 1. The van der Waals surface area contributed by atoms with Crippen molar-refractivity contribution in [3.8, 4) is 0 Å². The number of benzene rings is 1. The summed E-state index contributed by atoms with van der Waals surface area (Å²) in [5.41, 5.74) is 6.59. The van der Waals surface area contributed by atoms with E-state index in [4.69, 9.17) is 17.3 Å². The van der Waals surface area contributed by atoms with Gasteiger partial charge in [-0.05, 0) is 18.2 Å². The molecule has 0 aliphatic heterocycles. The Bertz CT molecular complexity index is 433. The molecule has 0 unspecified atom stereocenters. The number of nitrogens with two attached hydrogens (primary N) is 1. The Morgan fingerprint density at radius 3 is 2.41 bits per heavy atom. The predicted molar refractivity (Wildman–Crippen MR) is 72.2 cm³/mol. The molecular formula is C13H15ClN2O. The van der Waals surface area contributed by atoms with Gasteiger partial charge in [-0.3, -0.25) is 4.79 Å². The number of rotatable bonds is 5. The summed E-state index contributed by atoms with van der Waals surface area (Å²) in [5.74, 6) is -0.154. The predicted octanol–water partition coefficient (Wildman–Crippen LogP) is 2.74. The quantitative estimate of drug-likeness (QED) is 0.645. The maximum absolute atomic E-state index is 12.2. The fourth-order valence-electron chi connectivity index (χ4n) is 1.45. The van der Waals surface area contributed by atoms with Gasteiger partial charge in [0.15, 0.2) is 0 Å². The smallest absolute Gasteiger partial charge is 0.256 e. The van der Waals surface area contributed by atoms with Gasteiger partial charge in [-0.15, -0.1) is 13.2 Å². The summed E-state index contributed by atoms with van der Waals surface area (Å²) in [6.07, 6.45) is 3.32. The Morgan fingerprint density at radius 2 is 1.94 bits per heavy atom. The summed E-state index contributed by atoms with van der Waals surface area (Å²) >= 11 is 5.79. The molecule has 4 heteroatoms. The van der Waals surface area contributed by atoms with Gasteiger partial charge in [0.25, 0.3) is 5.91 Å². The lowest BCUT2D eigenvalue weighted by molar-refractivity contribution is 0.0792. The van der Waals surface area contributed by atoms with E-state index in [0.717, 1.165) is 0 Å². The molecule has 0 saturated heterocycles. The van der Waals surface area contributed by atoms with Gasteiger partial charge in [0.1, 0.15) is 0 Å². The minimum Gasteiger partial charge on any atom is -0.398 e. The molecule has 0 aromatic heterocycles. The molecular weight excluding hydrogens is 236 g/mol. The van der Waals surface area contributed by atoms with Crippen molar-refractivity contribution in [2.45, 2.75) is 0 Å². The zero-order chi connectivity index (χ0) is 12.8. The molecule has 1 rings (SSSR count). The first kappa shape index (κ1) is 13.3. The van der Waals surface area contributed by atoms with Crippen LogP contribution in [-0.4, -0.2) is 23.9 Å². The minimum atomic E-state index is -0.154. The number of amides is 1. The number of carbonyl (C=O) groups excluding carboxylic acids is 1. The average Bonchev–Trinajstić information content (AvgIpc) is 2.28. The Kier molecular flexibility index (Phi) is 4.79. The summed E-state index contributed by atoms with van der Waals surface area (Å²) in [6, 6.07) is 4.83. The topological polar surface area (TPSA) is 46.3 Å². The van der Waals surface area contributed by atoms with Crippen molar-refractivity contribution in [1.29, 1.82) is 0 Å². The van der Waals surface area contributed by atoms with E-state index in [1.807, 2.05) is 0 Å². The molecule has 0 saturated carbocycles. The second-order valence-electron chi connectivity index (χ2n) is 3.52. The third kappa shape index (κ3) is 3.36. The number of hydrogen-bond acceptors (Lipinski definition) is 2. The molecule has 0 atom stereocenters. The van der Waals surface area contributed by atoms with Gasteiger partial charge in [0.05, 0.1) is 5.56 Å². The van der Waals surface area contributed by atoms with Gasteiger partial charge < -0.3 is 10.6 Å². The van der Waals surface area contributed by atoms with Crippen LogP contribution in [-0.2, 0) is 0 Å². The molecule has 0 aliphatic rings. The monoisotopic (exact) mass is 250 g/mol. The summed E-state index contributed by atoms with van der Waals surface area (Å²) in [4.78, 5) is 13.8. The molecule has 0 heterocycles. The third-order valence-electron chi connectivity index (χ3n) is 2.23. The van der Waals surface area contributed by atoms with E-state index in [-0.39, 0.29) is 5.91 Å². The summed E-state index contributed by atoms with van der Waals surface area (Å²) < 4.78 is 0. The zero-order valence-electron chi connectivity index (χ0n) is 9.53. The summed E-state index contributed by atoms with van der Waals surface area (Å²) in [5, 5.41) is 0.512. The molecule has 90 valence electrons. The van der Waals surface area contributed by atoms with Crippen molar-refractivity contribution in [2.24, 2.45) is 0 Å². The first-order valence-corrected chi connectivity index (χ1v) is 5.54. The Labute approximate surface area is 106 Å². The van der Waals surface area contributed by atoms with Crippen molar-refractivity contribution >= 4 is 23.2 Å². The summed E-state index contributed by atoms with van der Waals surface area (Å²) in [7, 11) is 0. The van der Waals surface area contributed by atoms with Crippen LogP contribution < -0.4 is 5.73 Å². The van der Waals surface area contributed by atoms with Gasteiger partial charge in [-0.1, -0.05) is 23.8 Å². The molecule has 0 radical (unpaired) electrons. The van der Waals surface area contributed by atoms with E-state index in [2.05, 4.69) is 13.2 Å². The van der Waals surface area contributed by atoms with Gasteiger partial charge >= 0.3 is 0 Å². The maximum Gasteiger partial charge on any atom is 0.256 e. The van der Waals surface area contributed by atoms with Gasteiger partial charge in [-0.25, -0.2) is 0 Å². The lowest BCUT2D eigenvalue weighted by Crippen LogP contribution is -2.31. The van der Waals surface area contributed by atoms with E-state index in [0.29, 0.717) is 29.4 Å². The fraction of sp³-hybridized carbons (Fsp3) is 0.154. The first-order valence-electron chi connectivity index (χ1n) is 5.16. The normalized spacial score (nSPS) is 9.71. The van der Waals surface area contributed by atoms with Crippen LogP contribution in [0.15, 0.2) is 43.5 Å². The highest BCUT2D eigenvalue weighted by Crippen LogP contribution is 2.19. The van der Waals surface area contributed by atoms with Gasteiger partial charge in [0, 0.05) is 23.8 Å². The molecule has 1 aromatic rings. The lowest BCUT2D eigenvalue weighted by atomic mass is 10.1. The Balaban J connectivity index is 2.99. The van der Waals surface area contributed by atoms with E-state index in [9.17, 15) is 4.79 Å². The van der Waals surface area contributed by atoms with Crippen molar-refractivity contribution in [3.05, 3.63) is 54.1 Å². The second kappa shape index (κ2) is 6.11. The SMILES string of the molecule is C=CCN(CC=C)C(=O)c1ccc(Cl)cc1N. The van der Waals surface area contributed by atoms with E-state index in [1.54, 1.807) is 35.3 Å². The molecule has 0 fully saturated rings.